The molecule has 0 radical (unpaired) electrons. The molecule has 3 N–H and O–H groups in total. The van der Waals surface area contributed by atoms with E-state index in [2.05, 4.69) is 20.2 Å². The number of hydrogen-bond donors (Lipinski definition) is 3. The van der Waals surface area contributed by atoms with E-state index in [1.54, 1.807) is 18.2 Å². The van der Waals surface area contributed by atoms with Gasteiger partial charge in [-0.15, -0.1) is 0 Å². The lowest BCUT2D eigenvalue weighted by atomic mass is 10.1. The van der Waals surface area contributed by atoms with Crippen LogP contribution in [0.4, 0.5) is 5.69 Å². The van der Waals surface area contributed by atoms with Gasteiger partial charge >= 0.3 is 5.69 Å². The van der Waals surface area contributed by atoms with Gasteiger partial charge in [0, 0.05) is 18.3 Å². The molecule has 3 aromatic rings. The fourth-order valence-corrected chi connectivity index (χ4v) is 4.35. The van der Waals surface area contributed by atoms with E-state index in [1.165, 1.54) is 12.8 Å². The maximum Gasteiger partial charge on any atom is 0.323 e. The van der Waals surface area contributed by atoms with Crippen molar-refractivity contribution in [1.82, 2.24) is 14.9 Å². The summed E-state index contributed by atoms with van der Waals surface area (Å²) in [5.74, 6) is 1.46. The van der Waals surface area contributed by atoms with Crippen LogP contribution in [0, 0.1) is 0 Å². The first-order chi connectivity index (χ1) is 14.6. The molecule has 0 saturated heterocycles. The van der Waals surface area contributed by atoms with Gasteiger partial charge in [0.2, 0.25) is 12.7 Å². The van der Waals surface area contributed by atoms with Crippen molar-refractivity contribution < 1.29 is 14.3 Å². The Kier molecular flexibility index (Phi) is 4.92. The number of aromatic nitrogens is 2. The molecule has 30 heavy (non-hydrogen) atoms. The predicted octanol–water partition coefficient (Wildman–Crippen LogP) is 2.97. The van der Waals surface area contributed by atoms with Gasteiger partial charge in [0.1, 0.15) is 0 Å². The van der Waals surface area contributed by atoms with E-state index in [9.17, 15) is 9.59 Å². The summed E-state index contributed by atoms with van der Waals surface area (Å²) in [5, 5.41) is 2.96. The van der Waals surface area contributed by atoms with E-state index in [0.29, 0.717) is 35.9 Å². The lowest BCUT2D eigenvalue weighted by molar-refractivity contribution is -0.118. The van der Waals surface area contributed by atoms with Crippen LogP contribution < -0.4 is 20.5 Å². The average Bonchev–Trinajstić information content (AvgIpc) is 3.47. The van der Waals surface area contributed by atoms with Crippen molar-refractivity contribution >= 4 is 22.6 Å². The van der Waals surface area contributed by atoms with Crippen LogP contribution >= 0.6 is 0 Å². The third kappa shape index (κ3) is 3.91. The number of imidazole rings is 1. The topological polar surface area (TPSA) is 99.4 Å². The number of nitrogens with zero attached hydrogens (tertiary/aromatic N) is 1. The van der Waals surface area contributed by atoms with Gasteiger partial charge in [0.05, 0.1) is 17.6 Å². The quantitative estimate of drug-likeness (QED) is 0.582. The van der Waals surface area contributed by atoms with Crippen LogP contribution in [-0.4, -0.2) is 40.2 Å². The molecule has 0 bridgehead atoms. The lowest BCUT2D eigenvalue weighted by Crippen LogP contribution is -2.39. The van der Waals surface area contributed by atoms with E-state index in [4.69, 9.17) is 9.47 Å². The zero-order valence-corrected chi connectivity index (χ0v) is 16.6. The first-order valence-corrected chi connectivity index (χ1v) is 10.3. The smallest absolute Gasteiger partial charge is 0.323 e. The number of hydrogen-bond acceptors (Lipinski definition) is 5. The summed E-state index contributed by atoms with van der Waals surface area (Å²) in [6.45, 7) is 1.24. The highest BCUT2D eigenvalue weighted by molar-refractivity contribution is 5.94. The van der Waals surface area contributed by atoms with Crippen molar-refractivity contribution in [3.63, 3.8) is 0 Å². The molecule has 8 heteroatoms. The van der Waals surface area contributed by atoms with Crippen molar-refractivity contribution in [2.45, 2.75) is 38.3 Å². The second-order valence-corrected chi connectivity index (χ2v) is 7.92. The molecule has 1 aliphatic carbocycles. The Labute approximate surface area is 173 Å². The molecule has 0 unspecified atom stereocenters. The Bertz CT molecular complexity index is 1130. The molecule has 1 aliphatic heterocycles. The average molecular weight is 408 g/mol. The molecule has 1 aromatic heterocycles. The number of rotatable bonds is 6. The molecule has 2 aromatic carbocycles. The minimum atomic E-state index is -0.260. The molecule has 0 spiro atoms. The third-order valence-corrected chi connectivity index (χ3v) is 5.81. The molecule has 156 valence electrons. The maximum absolute atomic E-state index is 12.8. The second kappa shape index (κ2) is 7.87. The SMILES string of the molecule is O=C(CN(Cc1ccc2c(c1)OCO2)C1CCCC1)Nc1ccc2[nH]c(=O)[nH]c2c1. The van der Waals surface area contributed by atoms with Crippen LogP contribution in [0.3, 0.4) is 0 Å². The van der Waals surface area contributed by atoms with Crippen molar-refractivity contribution in [2.24, 2.45) is 0 Å². The van der Waals surface area contributed by atoms with Gasteiger partial charge in [-0.1, -0.05) is 18.9 Å². The molecular weight excluding hydrogens is 384 g/mol. The number of anilines is 1. The normalized spacial score (nSPS) is 15.9. The van der Waals surface area contributed by atoms with Crippen LogP contribution in [0.1, 0.15) is 31.2 Å². The Morgan fingerprint density at radius 2 is 1.83 bits per heavy atom. The first kappa shape index (κ1) is 18.7. The number of aromatic amines is 2. The Morgan fingerprint density at radius 3 is 2.70 bits per heavy atom. The molecule has 1 fully saturated rings. The molecule has 1 saturated carbocycles. The monoisotopic (exact) mass is 408 g/mol. The highest BCUT2D eigenvalue weighted by atomic mass is 16.7. The summed E-state index contributed by atoms with van der Waals surface area (Å²) >= 11 is 0. The fraction of sp³-hybridized carbons (Fsp3) is 0.364. The molecule has 8 nitrogen and oxygen atoms in total. The van der Waals surface area contributed by atoms with Gasteiger partial charge < -0.3 is 24.8 Å². The Hall–Kier alpha value is -3.26. The molecule has 1 amide bonds. The molecule has 2 aliphatic rings. The number of fused-ring (bicyclic) bond motifs is 2. The summed E-state index contributed by atoms with van der Waals surface area (Å²) in [7, 11) is 0. The Morgan fingerprint density at radius 1 is 1.03 bits per heavy atom. The fourth-order valence-electron chi connectivity index (χ4n) is 4.35. The number of carbonyl (C=O) groups excluding carboxylic acids is 1. The van der Waals surface area contributed by atoms with Crippen molar-refractivity contribution in [2.75, 3.05) is 18.7 Å². The number of benzene rings is 2. The lowest BCUT2D eigenvalue weighted by Gasteiger charge is -2.28. The van der Waals surface area contributed by atoms with Crippen molar-refractivity contribution in [3.8, 4) is 11.5 Å². The highest BCUT2D eigenvalue weighted by Crippen LogP contribution is 2.33. The van der Waals surface area contributed by atoms with E-state index in [0.717, 1.165) is 29.9 Å². The molecule has 0 atom stereocenters. The van der Waals surface area contributed by atoms with Gasteiger partial charge in [-0.25, -0.2) is 4.79 Å². The molecule has 5 rings (SSSR count). The van der Waals surface area contributed by atoms with Crippen LogP contribution in [0.25, 0.3) is 11.0 Å². The molecular formula is C22H24N4O4. The van der Waals surface area contributed by atoms with Crippen LogP contribution in [-0.2, 0) is 11.3 Å². The minimum absolute atomic E-state index is 0.0696. The van der Waals surface area contributed by atoms with Gasteiger partial charge in [0.25, 0.3) is 0 Å². The zero-order valence-electron chi connectivity index (χ0n) is 16.6. The minimum Gasteiger partial charge on any atom is -0.454 e. The molecule has 2 heterocycles. The number of ether oxygens (including phenoxy) is 2. The van der Waals surface area contributed by atoms with Crippen molar-refractivity contribution in [1.29, 1.82) is 0 Å². The van der Waals surface area contributed by atoms with Crippen LogP contribution in [0.2, 0.25) is 0 Å². The van der Waals surface area contributed by atoms with Crippen LogP contribution in [0.15, 0.2) is 41.2 Å². The number of amides is 1. The van der Waals surface area contributed by atoms with E-state index >= 15 is 0 Å². The predicted molar refractivity (Wildman–Crippen MR) is 113 cm³/mol. The van der Waals surface area contributed by atoms with Crippen molar-refractivity contribution in [3.05, 3.63) is 52.4 Å². The number of H-pyrrole nitrogens is 2. The second-order valence-electron chi connectivity index (χ2n) is 7.92. The van der Waals surface area contributed by atoms with E-state index in [1.807, 2.05) is 18.2 Å². The number of carbonyl (C=O) groups is 1. The van der Waals surface area contributed by atoms with Gasteiger partial charge in [-0.2, -0.15) is 0 Å². The van der Waals surface area contributed by atoms with E-state index < -0.39 is 0 Å². The summed E-state index contributed by atoms with van der Waals surface area (Å²) < 4.78 is 10.9. The third-order valence-electron chi connectivity index (χ3n) is 5.81. The summed E-state index contributed by atoms with van der Waals surface area (Å²) in [6, 6.07) is 11.7. The Balaban J connectivity index is 1.30. The van der Waals surface area contributed by atoms with E-state index in [-0.39, 0.29) is 18.4 Å². The van der Waals surface area contributed by atoms with Crippen LogP contribution in [0.5, 0.6) is 11.5 Å². The van der Waals surface area contributed by atoms with Gasteiger partial charge in [-0.3, -0.25) is 9.69 Å². The summed E-state index contributed by atoms with van der Waals surface area (Å²) in [5.41, 5.74) is 2.89. The van der Waals surface area contributed by atoms with Gasteiger partial charge in [-0.05, 0) is 48.7 Å². The largest absolute Gasteiger partial charge is 0.454 e. The standard InChI is InChI=1S/C22H24N4O4/c27-21(23-15-6-7-17-18(10-15)25-22(28)24-17)12-26(16-3-1-2-4-16)11-14-5-8-19-20(9-14)30-13-29-19/h5-10,16H,1-4,11-13H2,(H,23,27)(H2,24,25,28). The highest BCUT2D eigenvalue weighted by Gasteiger charge is 2.25. The number of nitrogens with one attached hydrogen (secondary N) is 3. The first-order valence-electron chi connectivity index (χ1n) is 10.3. The summed E-state index contributed by atoms with van der Waals surface area (Å²) in [4.78, 5) is 31.9. The summed E-state index contributed by atoms with van der Waals surface area (Å²) in [6.07, 6.45) is 4.60. The maximum atomic E-state index is 12.8. The zero-order chi connectivity index (χ0) is 20.5. The van der Waals surface area contributed by atoms with Gasteiger partial charge in [0.15, 0.2) is 11.5 Å².